The molecule has 144 valence electrons. The lowest BCUT2D eigenvalue weighted by Gasteiger charge is -2.20. The van der Waals surface area contributed by atoms with Gasteiger partial charge in [0, 0.05) is 5.92 Å². The van der Waals surface area contributed by atoms with E-state index in [1.807, 2.05) is 6.92 Å². The Labute approximate surface area is 153 Å². The maximum absolute atomic E-state index is 12.2. The van der Waals surface area contributed by atoms with Crippen LogP contribution in [0.3, 0.4) is 0 Å². The Morgan fingerprint density at radius 1 is 1.08 bits per heavy atom. The van der Waals surface area contributed by atoms with Gasteiger partial charge in [0.25, 0.3) is 5.91 Å². The van der Waals surface area contributed by atoms with Gasteiger partial charge in [0.15, 0.2) is 0 Å². The fourth-order valence-corrected chi connectivity index (χ4v) is 3.75. The Morgan fingerprint density at radius 3 is 2.35 bits per heavy atom. The Balaban J connectivity index is 1.78. The van der Waals surface area contributed by atoms with E-state index in [4.69, 9.17) is 4.74 Å². The first-order chi connectivity index (χ1) is 12.4. The van der Waals surface area contributed by atoms with E-state index in [-0.39, 0.29) is 16.7 Å². The van der Waals surface area contributed by atoms with E-state index >= 15 is 0 Å². The van der Waals surface area contributed by atoms with Gasteiger partial charge in [-0.15, -0.1) is 0 Å². The van der Waals surface area contributed by atoms with Crippen molar-refractivity contribution in [2.75, 3.05) is 13.2 Å². The molecule has 2 rings (SSSR count). The predicted molar refractivity (Wildman–Crippen MR) is 95.7 cm³/mol. The molecule has 26 heavy (non-hydrogen) atoms. The van der Waals surface area contributed by atoms with Crippen LogP contribution in [0, 0.1) is 5.92 Å². The number of ether oxygens (including phenoxy) is 1. The Bertz CT molecular complexity index is 712. The number of benzene rings is 1. The van der Waals surface area contributed by atoms with Crippen molar-refractivity contribution < 1.29 is 22.7 Å². The molecule has 0 bridgehead atoms. The number of rotatable bonds is 7. The van der Waals surface area contributed by atoms with Gasteiger partial charge in [-0.3, -0.25) is 20.4 Å². The Hall–Kier alpha value is -2.13. The number of hydrogen-bond acceptors (Lipinski definition) is 5. The van der Waals surface area contributed by atoms with Crippen LogP contribution in [0.15, 0.2) is 29.2 Å². The average Bonchev–Trinajstić information content (AvgIpc) is 2.66. The van der Waals surface area contributed by atoms with Gasteiger partial charge in [-0.05, 0) is 44.0 Å². The van der Waals surface area contributed by atoms with Crippen molar-refractivity contribution >= 4 is 21.8 Å². The second-order valence-corrected chi connectivity index (χ2v) is 7.87. The van der Waals surface area contributed by atoms with Crippen molar-refractivity contribution in [3.8, 4) is 5.75 Å². The maximum Gasteiger partial charge on any atom is 0.253 e. The minimum atomic E-state index is -3.83. The third-order valence-electron chi connectivity index (χ3n) is 4.17. The molecule has 1 aromatic rings. The molecule has 0 aromatic heterocycles. The summed E-state index contributed by atoms with van der Waals surface area (Å²) in [4.78, 5) is 23.7. The molecule has 0 spiro atoms. The minimum absolute atomic E-state index is 0.0278. The number of hydrazine groups is 1. The third-order valence-corrected chi connectivity index (χ3v) is 5.59. The second kappa shape index (κ2) is 9.54. The molecule has 9 heteroatoms. The van der Waals surface area contributed by atoms with E-state index in [0.29, 0.717) is 12.4 Å². The number of hydrogen-bond donors (Lipinski definition) is 3. The molecule has 0 heterocycles. The van der Waals surface area contributed by atoms with Crippen LogP contribution < -0.4 is 20.3 Å². The van der Waals surface area contributed by atoms with Crippen LogP contribution >= 0.6 is 0 Å². The summed E-state index contributed by atoms with van der Waals surface area (Å²) in [5, 5.41) is 0. The van der Waals surface area contributed by atoms with Crippen LogP contribution in [0.1, 0.15) is 39.0 Å². The summed E-state index contributed by atoms with van der Waals surface area (Å²) >= 11 is 0. The van der Waals surface area contributed by atoms with Crippen LogP contribution in [0.5, 0.6) is 5.75 Å². The van der Waals surface area contributed by atoms with E-state index in [1.165, 1.54) is 12.1 Å². The van der Waals surface area contributed by atoms with Crippen molar-refractivity contribution in [1.82, 2.24) is 15.6 Å². The van der Waals surface area contributed by atoms with Crippen LogP contribution in [0.25, 0.3) is 0 Å². The maximum atomic E-state index is 12.2. The van der Waals surface area contributed by atoms with Gasteiger partial charge in [0.1, 0.15) is 5.75 Å². The Kier molecular flexibility index (Phi) is 7.40. The van der Waals surface area contributed by atoms with Crippen LogP contribution in [-0.2, 0) is 19.6 Å². The summed E-state index contributed by atoms with van der Waals surface area (Å²) < 4.78 is 31.8. The third kappa shape index (κ3) is 5.99. The molecule has 0 radical (unpaired) electrons. The summed E-state index contributed by atoms with van der Waals surface area (Å²) in [7, 11) is -3.83. The van der Waals surface area contributed by atoms with Gasteiger partial charge in [-0.2, -0.15) is 0 Å². The largest absolute Gasteiger partial charge is 0.494 e. The molecule has 0 atom stereocenters. The highest BCUT2D eigenvalue weighted by Crippen LogP contribution is 2.23. The van der Waals surface area contributed by atoms with Crippen molar-refractivity contribution in [3.05, 3.63) is 24.3 Å². The van der Waals surface area contributed by atoms with E-state index in [0.717, 1.165) is 32.1 Å². The zero-order valence-electron chi connectivity index (χ0n) is 14.8. The zero-order chi connectivity index (χ0) is 19.0. The number of carbonyl (C=O) groups is 2. The van der Waals surface area contributed by atoms with Gasteiger partial charge in [-0.1, -0.05) is 19.3 Å². The molecule has 0 aliphatic heterocycles. The molecule has 3 N–H and O–H groups in total. The number of sulfonamides is 1. The first-order valence-corrected chi connectivity index (χ1v) is 10.2. The SMILES string of the molecule is CCOc1ccc(S(=O)(=O)NCC(=O)NNC(=O)C2CCCCC2)cc1. The van der Waals surface area contributed by atoms with Gasteiger partial charge in [0.05, 0.1) is 18.0 Å². The van der Waals surface area contributed by atoms with E-state index in [9.17, 15) is 18.0 Å². The van der Waals surface area contributed by atoms with Gasteiger partial charge in [-0.25, -0.2) is 13.1 Å². The van der Waals surface area contributed by atoms with E-state index in [1.54, 1.807) is 12.1 Å². The van der Waals surface area contributed by atoms with Crippen molar-refractivity contribution in [2.45, 2.75) is 43.9 Å². The predicted octanol–water partition coefficient (Wildman–Crippen LogP) is 1.09. The molecule has 0 unspecified atom stereocenters. The van der Waals surface area contributed by atoms with Crippen molar-refractivity contribution in [2.24, 2.45) is 5.92 Å². The fourth-order valence-electron chi connectivity index (χ4n) is 2.77. The van der Waals surface area contributed by atoms with Crippen molar-refractivity contribution in [3.63, 3.8) is 0 Å². The highest BCUT2D eigenvalue weighted by atomic mass is 32.2. The van der Waals surface area contributed by atoms with Gasteiger partial charge < -0.3 is 4.74 Å². The molecule has 1 aromatic carbocycles. The standard InChI is InChI=1S/C17H25N3O5S/c1-2-25-14-8-10-15(11-9-14)26(23,24)18-12-16(21)19-20-17(22)13-6-4-3-5-7-13/h8-11,13,18H,2-7,12H2,1H3,(H,19,21)(H,20,22). The van der Waals surface area contributed by atoms with Crippen LogP contribution in [0.2, 0.25) is 0 Å². The zero-order valence-corrected chi connectivity index (χ0v) is 15.6. The first kappa shape index (κ1) is 20.2. The highest BCUT2D eigenvalue weighted by Gasteiger charge is 2.21. The lowest BCUT2D eigenvalue weighted by atomic mass is 9.89. The summed E-state index contributed by atoms with van der Waals surface area (Å²) in [5.74, 6) is -0.393. The molecule has 1 aliphatic rings. The monoisotopic (exact) mass is 383 g/mol. The first-order valence-electron chi connectivity index (χ1n) is 8.73. The minimum Gasteiger partial charge on any atom is -0.494 e. The molecular weight excluding hydrogens is 358 g/mol. The summed E-state index contributed by atoms with van der Waals surface area (Å²) in [6.45, 7) is 1.84. The summed E-state index contributed by atoms with van der Waals surface area (Å²) in [6.07, 6.45) is 4.77. The number of amides is 2. The molecule has 0 saturated heterocycles. The van der Waals surface area contributed by atoms with Crippen LogP contribution in [0.4, 0.5) is 0 Å². The lowest BCUT2D eigenvalue weighted by Crippen LogP contribution is -2.48. The van der Waals surface area contributed by atoms with Crippen molar-refractivity contribution in [1.29, 1.82) is 0 Å². The highest BCUT2D eigenvalue weighted by molar-refractivity contribution is 7.89. The van der Waals surface area contributed by atoms with Gasteiger partial charge >= 0.3 is 0 Å². The fraction of sp³-hybridized carbons (Fsp3) is 0.529. The molecule has 1 saturated carbocycles. The molecule has 8 nitrogen and oxygen atoms in total. The average molecular weight is 383 g/mol. The quantitative estimate of drug-likeness (QED) is 0.610. The molecule has 1 aliphatic carbocycles. The number of nitrogens with one attached hydrogen (secondary N) is 3. The molecule has 2 amide bonds. The topological polar surface area (TPSA) is 114 Å². The normalized spacial score (nSPS) is 15.3. The van der Waals surface area contributed by atoms with Crippen LogP contribution in [-0.4, -0.2) is 33.4 Å². The lowest BCUT2D eigenvalue weighted by molar-refractivity contribution is -0.131. The van der Waals surface area contributed by atoms with Gasteiger partial charge in [0.2, 0.25) is 15.9 Å². The Morgan fingerprint density at radius 2 is 1.73 bits per heavy atom. The summed E-state index contributed by atoms with van der Waals surface area (Å²) in [6, 6.07) is 5.89. The van der Waals surface area contributed by atoms with E-state index < -0.39 is 22.5 Å². The second-order valence-electron chi connectivity index (χ2n) is 6.10. The molecular formula is C17H25N3O5S. The molecule has 1 fully saturated rings. The number of carbonyl (C=O) groups excluding carboxylic acids is 2. The summed E-state index contributed by atoms with van der Waals surface area (Å²) in [5.41, 5.74) is 4.60. The smallest absolute Gasteiger partial charge is 0.253 e. The van der Waals surface area contributed by atoms with E-state index in [2.05, 4.69) is 15.6 Å².